The lowest BCUT2D eigenvalue weighted by atomic mass is 10.2. The van der Waals surface area contributed by atoms with Crippen molar-refractivity contribution in [1.82, 2.24) is 25.4 Å². The van der Waals surface area contributed by atoms with Crippen molar-refractivity contribution in [1.29, 1.82) is 0 Å². The van der Waals surface area contributed by atoms with Crippen LogP contribution in [0.2, 0.25) is 0 Å². The molecule has 164 valence electrons. The second kappa shape index (κ2) is 9.91. The van der Waals surface area contributed by atoms with Gasteiger partial charge in [-0.05, 0) is 43.2 Å². The number of aryl methyl sites for hydroxylation is 1. The molecule has 2 aromatic heterocycles. The van der Waals surface area contributed by atoms with Gasteiger partial charge in [0, 0.05) is 18.4 Å². The van der Waals surface area contributed by atoms with E-state index in [2.05, 4.69) is 25.4 Å². The minimum absolute atomic E-state index is 0.0509. The first-order valence-corrected chi connectivity index (χ1v) is 10.5. The molecule has 0 saturated heterocycles. The predicted octanol–water partition coefficient (Wildman–Crippen LogP) is 4.34. The molecule has 0 fully saturated rings. The van der Waals surface area contributed by atoms with E-state index in [1.807, 2.05) is 61.5 Å². The van der Waals surface area contributed by atoms with Gasteiger partial charge in [-0.1, -0.05) is 35.5 Å². The van der Waals surface area contributed by atoms with Crippen LogP contribution in [-0.2, 0) is 11.2 Å². The molecule has 2 N–H and O–H groups in total. The normalized spacial score (nSPS) is 11.8. The SMILES string of the molecule is COc1ccc(-c2noc(CCCC(=O)NC(C)c3ncc(-c4ccccc4)[nH]3)n2)cc1. The van der Waals surface area contributed by atoms with E-state index in [0.29, 0.717) is 31.0 Å². The Morgan fingerprint density at radius 1 is 1.12 bits per heavy atom. The molecule has 4 rings (SSSR count). The highest BCUT2D eigenvalue weighted by Gasteiger charge is 2.14. The number of benzene rings is 2. The highest BCUT2D eigenvalue weighted by molar-refractivity contribution is 5.76. The van der Waals surface area contributed by atoms with Crippen LogP contribution in [0.5, 0.6) is 5.75 Å². The first-order chi connectivity index (χ1) is 15.6. The monoisotopic (exact) mass is 431 g/mol. The molecule has 1 unspecified atom stereocenters. The fourth-order valence-electron chi connectivity index (χ4n) is 3.32. The van der Waals surface area contributed by atoms with Gasteiger partial charge in [0.1, 0.15) is 11.6 Å². The van der Waals surface area contributed by atoms with Gasteiger partial charge >= 0.3 is 0 Å². The Balaban J connectivity index is 1.25. The lowest BCUT2D eigenvalue weighted by Crippen LogP contribution is -2.27. The zero-order chi connectivity index (χ0) is 22.3. The molecular weight excluding hydrogens is 406 g/mol. The van der Waals surface area contributed by atoms with Gasteiger partial charge in [-0.25, -0.2) is 4.98 Å². The Morgan fingerprint density at radius 3 is 2.66 bits per heavy atom. The number of imidazole rings is 1. The molecule has 1 amide bonds. The van der Waals surface area contributed by atoms with Crippen molar-refractivity contribution in [2.24, 2.45) is 0 Å². The Morgan fingerprint density at radius 2 is 1.91 bits per heavy atom. The third kappa shape index (κ3) is 5.21. The molecule has 0 aliphatic rings. The average Bonchev–Trinajstić information content (AvgIpc) is 3.50. The van der Waals surface area contributed by atoms with E-state index in [0.717, 1.165) is 28.4 Å². The van der Waals surface area contributed by atoms with E-state index >= 15 is 0 Å². The quantitative estimate of drug-likeness (QED) is 0.408. The van der Waals surface area contributed by atoms with Crippen LogP contribution in [0, 0.1) is 0 Å². The van der Waals surface area contributed by atoms with Crippen LogP contribution in [0.1, 0.15) is 37.5 Å². The summed E-state index contributed by atoms with van der Waals surface area (Å²) in [7, 11) is 1.62. The van der Waals surface area contributed by atoms with E-state index in [1.165, 1.54) is 0 Å². The van der Waals surface area contributed by atoms with E-state index in [9.17, 15) is 4.79 Å². The summed E-state index contributed by atoms with van der Waals surface area (Å²) in [6.07, 6.45) is 3.28. The molecule has 8 heteroatoms. The van der Waals surface area contributed by atoms with Crippen LogP contribution in [0.3, 0.4) is 0 Å². The smallest absolute Gasteiger partial charge is 0.226 e. The minimum atomic E-state index is -0.218. The van der Waals surface area contributed by atoms with Crippen LogP contribution < -0.4 is 10.1 Å². The van der Waals surface area contributed by atoms with E-state index in [4.69, 9.17) is 9.26 Å². The molecule has 0 radical (unpaired) electrons. The van der Waals surface area contributed by atoms with Gasteiger partial charge in [-0.3, -0.25) is 4.79 Å². The molecule has 32 heavy (non-hydrogen) atoms. The van der Waals surface area contributed by atoms with Crippen LogP contribution in [0.4, 0.5) is 0 Å². The molecule has 4 aromatic rings. The molecule has 0 aliphatic carbocycles. The van der Waals surface area contributed by atoms with Crippen molar-refractivity contribution in [3.63, 3.8) is 0 Å². The summed E-state index contributed by atoms with van der Waals surface area (Å²) >= 11 is 0. The standard InChI is InChI=1S/C24H25N5O3/c1-16(23-25-15-20(27-23)17-7-4-3-5-8-17)26-21(30)9-6-10-22-28-24(29-32-22)18-11-13-19(31-2)14-12-18/h3-5,7-8,11-16H,6,9-10H2,1-2H3,(H,25,27)(H,26,30). The number of rotatable bonds is 9. The molecule has 2 heterocycles. The molecule has 0 aliphatic heterocycles. The number of nitrogens with zero attached hydrogens (tertiary/aromatic N) is 3. The van der Waals surface area contributed by atoms with Crippen molar-refractivity contribution >= 4 is 5.91 Å². The third-order valence-corrected chi connectivity index (χ3v) is 5.08. The van der Waals surface area contributed by atoms with Crippen molar-refractivity contribution in [2.45, 2.75) is 32.2 Å². The number of hydrogen-bond donors (Lipinski definition) is 2. The summed E-state index contributed by atoms with van der Waals surface area (Å²) in [5.41, 5.74) is 2.82. The number of H-pyrrole nitrogens is 1. The van der Waals surface area contributed by atoms with Gasteiger partial charge in [-0.15, -0.1) is 0 Å². The first-order valence-electron chi connectivity index (χ1n) is 10.5. The van der Waals surface area contributed by atoms with Crippen molar-refractivity contribution < 1.29 is 14.1 Å². The van der Waals surface area contributed by atoms with E-state index in [1.54, 1.807) is 13.3 Å². The van der Waals surface area contributed by atoms with Crippen molar-refractivity contribution in [2.75, 3.05) is 7.11 Å². The molecule has 0 spiro atoms. The number of carbonyl (C=O) groups is 1. The summed E-state index contributed by atoms with van der Waals surface area (Å²) in [4.78, 5) is 24.4. The Labute approximate surface area is 186 Å². The number of methoxy groups -OCH3 is 1. The molecule has 2 aromatic carbocycles. The van der Waals surface area contributed by atoms with E-state index < -0.39 is 0 Å². The summed E-state index contributed by atoms with van der Waals surface area (Å²) in [5, 5.41) is 6.99. The number of amides is 1. The summed E-state index contributed by atoms with van der Waals surface area (Å²) < 4.78 is 10.5. The molecular formula is C24H25N5O3. The Kier molecular flexibility index (Phi) is 6.60. The van der Waals surface area contributed by atoms with Gasteiger partial charge in [0.25, 0.3) is 0 Å². The van der Waals surface area contributed by atoms with Crippen LogP contribution in [0.25, 0.3) is 22.6 Å². The lowest BCUT2D eigenvalue weighted by Gasteiger charge is -2.11. The van der Waals surface area contributed by atoms with Gasteiger partial charge < -0.3 is 19.6 Å². The fourth-order valence-corrected chi connectivity index (χ4v) is 3.32. The largest absolute Gasteiger partial charge is 0.497 e. The van der Waals surface area contributed by atoms with Gasteiger partial charge in [0.15, 0.2) is 0 Å². The van der Waals surface area contributed by atoms with Crippen molar-refractivity contribution in [3.05, 3.63) is 72.5 Å². The maximum Gasteiger partial charge on any atom is 0.226 e. The van der Waals surface area contributed by atoms with Gasteiger partial charge in [0.2, 0.25) is 17.6 Å². The molecule has 0 saturated carbocycles. The zero-order valence-electron chi connectivity index (χ0n) is 18.0. The molecule has 8 nitrogen and oxygen atoms in total. The van der Waals surface area contributed by atoms with E-state index in [-0.39, 0.29) is 11.9 Å². The van der Waals surface area contributed by atoms with Gasteiger partial charge in [-0.2, -0.15) is 4.98 Å². The number of aromatic nitrogens is 4. The van der Waals surface area contributed by atoms with Crippen LogP contribution in [0.15, 0.2) is 65.3 Å². The second-order valence-electron chi connectivity index (χ2n) is 7.43. The first kappa shape index (κ1) is 21.3. The minimum Gasteiger partial charge on any atom is -0.497 e. The Bertz CT molecular complexity index is 1150. The lowest BCUT2D eigenvalue weighted by molar-refractivity contribution is -0.121. The number of carbonyl (C=O) groups excluding carboxylic acids is 1. The van der Waals surface area contributed by atoms with Crippen molar-refractivity contribution in [3.8, 4) is 28.4 Å². The summed E-state index contributed by atoms with van der Waals surface area (Å²) in [6, 6.07) is 17.2. The number of hydrogen-bond acceptors (Lipinski definition) is 6. The predicted molar refractivity (Wildman–Crippen MR) is 120 cm³/mol. The van der Waals surface area contributed by atoms with Gasteiger partial charge in [0.05, 0.1) is 25.0 Å². The number of aromatic amines is 1. The highest BCUT2D eigenvalue weighted by atomic mass is 16.5. The highest BCUT2D eigenvalue weighted by Crippen LogP contribution is 2.21. The molecule has 0 bridgehead atoms. The fraction of sp³-hybridized carbons (Fsp3) is 0.250. The third-order valence-electron chi connectivity index (χ3n) is 5.08. The summed E-state index contributed by atoms with van der Waals surface area (Å²) in [5.74, 6) is 2.47. The topological polar surface area (TPSA) is 106 Å². The summed E-state index contributed by atoms with van der Waals surface area (Å²) in [6.45, 7) is 1.91. The van der Waals surface area contributed by atoms with Crippen LogP contribution in [-0.4, -0.2) is 33.1 Å². The average molecular weight is 431 g/mol. The zero-order valence-corrected chi connectivity index (χ0v) is 18.0. The van der Waals surface area contributed by atoms with Crippen LogP contribution >= 0.6 is 0 Å². The maximum absolute atomic E-state index is 12.3. The number of nitrogens with one attached hydrogen (secondary N) is 2. The molecule has 1 atom stereocenters. The maximum atomic E-state index is 12.3. The number of ether oxygens (including phenoxy) is 1. The Hall–Kier alpha value is -3.94. The second-order valence-corrected chi connectivity index (χ2v) is 7.43.